The molecule has 5 rings (SSSR count). The van der Waals surface area contributed by atoms with E-state index in [9.17, 15) is 9.59 Å². The van der Waals surface area contributed by atoms with Gasteiger partial charge in [0.05, 0.1) is 23.1 Å². The summed E-state index contributed by atoms with van der Waals surface area (Å²) in [5.74, 6) is 1.10. The van der Waals surface area contributed by atoms with Gasteiger partial charge in [-0.3, -0.25) is 14.5 Å². The van der Waals surface area contributed by atoms with Crippen LogP contribution in [0.4, 0.5) is 5.82 Å². The van der Waals surface area contributed by atoms with Crippen LogP contribution in [-0.4, -0.2) is 17.2 Å². The van der Waals surface area contributed by atoms with E-state index >= 15 is 0 Å². The number of benzene rings is 2. The predicted octanol–water partition coefficient (Wildman–Crippen LogP) is 4.63. The molecule has 1 aliphatic heterocycles. The number of rotatable bonds is 4. The molecule has 2 aromatic carbocycles. The van der Waals surface area contributed by atoms with E-state index in [1.807, 2.05) is 38.1 Å². The zero-order valence-corrected chi connectivity index (χ0v) is 17.3. The monoisotopic (exact) mass is 416 g/mol. The number of amides is 1. The van der Waals surface area contributed by atoms with Crippen LogP contribution in [0.3, 0.4) is 0 Å². The highest BCUT2D eigenvalue weighted by atomic mass is 16.5. The molecule has 4 aromatic rings. The van der Waals surface area contributed by atoms with Crippen molar-refractivity contribution in [2.45, 2.75) is 32.9 Å². The van der Waals surface area contributed by atoms with Crippen LogP contribution < -0.4 is 15.1 Å². The first-order valence-corrected chi connectivity index (χ1v) is 10.0. The summed E-state index contributed by atoms with van der Waals surface area (Å²) in [4.78, 5) is 28.4. The molecule has 0 fully saturated rings. The van der Waals surface area contributed by atoms with E-state index in [1.54, 1.807) is 37.3 Å². The van der Waals surface area contributed by atoms with E-state index in [0.29, 0.717) is 33.9 Å². The number of anilines is 1. The lowest BCUT2D eigenvalue weighted by Gasteiger charge is -2.23. The molecule has 7 nitrogen and oxygen atoms in total. The van der Waals surface area contributed by atoms with Crippen molar-refractivity contribution in [1.29, 1.82) is 0 Å². The molecule has 0 spiro atoms. The van der Waals surface area contributed by atoms with Crippen LogP contribution in [0.2, 0.25) is 0 Å². The quantitative estimate of drug-likeness (QED) is 0.482. The molecule has 0 unspecified atom stereocenters. The van der Waals surface area contributed by atoms with Gasteiger partial charge in [-0.1, -0.05) is 29.4 Å². The van der Waals surface area contributed by atoms with Gasteiger partial charge in [0, 0.05) is 6.07 Å². The smallest absolute Gasteiger partial charge is 0.296 e. The lowest BCUT2D eigenvalue weighted by molar-refractivity contribution is 0.0969. The summed E-state index contributed by atoms with van der Waals surface area (Å²) in [7, 11) is 0. The molecule has 0 bridgehead atoms. The summed E-state index contributed by atoms with van der Waals surface area (Å²) in [6, 6.07) is 15.2. The Morgan fingerprint density at radius 3 is 2.61 bits per heavy atom. The molecule has 31 heavy (non-hydrogen) atoms. The van der Waals surface area contributed by atoms with Gasteiger partial charge in [-0.25, -0.2) is 0 Å². The topological polar surface area (TPSA) is 85.8 Å². The van der Waals surface area contributed by atoms with Crippen LogP contribution in [0, 0.1) is 6.92 Å². The van der Waals surface area contributed by atoms with Crippen molar-refractivity contribution in [3.05, 3.63) is 87.5 Å². The molecule has 1 aliphatic rings. The van der Waals surface area contributed by atoms with E-state index in [-0.39, 0.29) is 22.9 Å². The maximum atomic E-state index is 13.5. The molecule has 0 aliphatic carbocycles. The Kier molecular flexibility index (Phi) is 4.39. The molecule has 1 atom stereocenters. The lowest BCUT2D eigenvalue weighted by Crippen LogP contribution is -2.29. The summed E-state index contributed by atoms with van der Waals surface area (Å²) in [5.41, 5.74) is 1.13. The third-order valence-electron chi connectivity index (χ3n) is 5.19. The number of carbonyl (C=O) groups excluding carboxylic acids is 1. The number of nitrogens with zero attached hydrogens (tertiary/aromatic N) is 2. The molecular weight excluding hydrogens is 396 g/mol. The minimum atomic E-state index is -0.719. The molecular formula is C24H20N2O5. The zero-order valence-electron chi connectivity index (χ0n) is 17.3. The highest BCUT2D eigenvalue weighted by molar-refractivity contribution is 6.10. The van der Waals surface area contributed by atoms with Crippen molar-refractivity contribution in [2.75, 3.05) is 4.90 Å². The van der Waals surface area contributed by atoms with Crippen molar-refractivity contribution >= 4 is 22.7 Å². The minimum absolute atomic E-state index is 0.0175. The molecule has 7 heteroatoms. The van der Waals surface area contributed by atoms with Crippen molar-refractivity contribution in [2.24, 2.45) is 0 Å². The average molecular weight is 416 g/mol. The molecule has 2 aromatic heterocycles. The molecule has 0 saturated heterocycles. The fraction of sp³-hybridized carbons (Fsp3) is 0.208. The number of fused-ring (bicyclic) bond motifs is 2. The Bertz CT molecular complexity index is 1370. The number of aryl methyl sites for hydroxylation is 1. The minimum Gasteiger partial charge on any atom is -0.491 e. The zero-order chi connectivity index (χ0) is 21.7. The molecule has 156 valence electrons. The Morgan fingerprint density at radius 1 is 1.06 bits per heavy atom. The van der Waals surface area contributed by atoms with Crippen LogP contribution in [0.1, 0.15) is 47.3 Å². The summed E-state index contributed by atoms with van der Waals surface area (Å²) in [6.07, 6.45) is -0.0175. The second-order valence-electron chi connectivity index (χ2n) is 7.78. The number of ether oxygens (including phenoxy) is 1. The Balaban J connectivity index is 1.77. The first kappa shape index (κ1) is 19.1. The third-order valence-corrected chi connectivity index (χ3v) is 5.19. The van der Waals surface area contributed by atoms with Crippen molar-refractivity contribution < 1.29 is 18.5 Å². The number of carbonyl (C=O) groups is 1. The average Bonchev–Trinajstić information content (AvgIpc) is 3.29. The van der Waals surface area contributed by atoms with Crippen LogP contribution >= 0.6 is 0 Å². The van der Waals surface area contributed by atoms with E-state index in [4.69, 9.17) is 13.7 Å². The van der Waals surface area contributed by atoms with Gasteiger partial charge in [-0.15, -0.1) is 0 Å². The van der Waals surface area contributed by atoms with Gasteiger partial charge < -0.3 is 13.7 Å². The largest absolute Gasteiger partial charge is 0.491 e. The maximum Gasteiger partial charge on any atom is 0.296 e. The second kappa shape index (κ2) is 7.12. The molecule has 3 heterocycles. The normalized spacial score (nSPS) is 15.7. The fourth-order valence-electron chi connectivity index (χ4n) is 3.97. The van der Waals surface area contributed by atoms with Gasteiger partial charge in [0.25, 0.3) is 5.91 Å². The molecule has 1 amide bonds. The van der Waals surface area contributed by atoms with E-state index < -0.39 is 11.9 Å². The summed E-state index contributed by atoms with van der Waals surface area (Å²) < 4.78 is 17.0. The number of hydrogen-bond acceptors (Lipinski definition) is 6. The fourth-order valence-corrected chi connectivity index (χ4v) is 3.97. The van der Waals surface area contributed by atoms with Gasteiger partial charge in [0.15, 0.2) is 11.2 Å². The van der Waals surface area contributed by atoms with Gasteiger partial charge >= 0.3 is 0 Å². The lowest BCUT2D eigenvalue weighted by atomic mass is 9.98. The van der Waals surface area contributed by atoms with Crippen LogP contribution in [0.25, 0.3) is 11.0 Å². The second-order valence-corrected chi connectivity index (χ2v) is 7.78. The van der Waals surface area contributed by atoms with Gasteiger partial charge in [-0.2, -0.15) is 0 Å². The van der Waals surface area contributed by atoms with E-state index in [2.05, 4.69) is 5.16 Å². The van der Waals surface area contributed by atoms with Crippen LogP contribution in [0.5, 0.6) is 5.75 Å². The van der Waals surface area contributed by atoms with E-state index in [0.717, 1.165) is 0 Å². The number of hydrogen-bond donors (Lipinski definition) is 0. The molecule has 0 radical (unpaired) electrons. The van der Waals surface area contributed by atoms with Crippen LogP contribution in [0.15, 0.2) is 68.3 Å². The molecule has 0 N–H and O–H groups in total. The van der Waals surface area contributed by atoms with Gasteiger partial charge in [-0.05, 0) is 50.6 Å². The summed E-state index contributed by atoms with van der Waals surface area (Å²) in [6.45, 7) is 5.62. The highest BCUT2D eigenvalue weighted by Crippen LogP contribution is 2.41. The Hall–Kier alpha value is -3.87. The van der Waals surface area contributed by atoms with Gasteiger partial charge in [0.1, 0.15) is 17.1 Å². The van der Waals surface area contributed by atoms with Gasteiger partial charge in [0.2, 0.25) is 5.76 Å². The maximum absolute atomic E-state index is 13.5. The van der Waals surface area contributed by atoms with Crippen molar-refractivity contribution in [3.63, 3.8) is 0 Å². The highest BCUT2D eigenvalue weighted by Gasteiger charge is 2.45. The summed E-state index contributed by atoms with van der Waals surface area (Å²) >= 11 is 0. The third kappa shape index (κ3) is 3.09. The predicted molar refractivity (Wildman–Crippen MR) is 115 cm³/mol. The number of aromatic nitrogens is 1. The van der Waals surface area contributed by atoms with Crippen LogP contribution in [-0.2, 0) is 0 Å². The standard InChI is InChI=1S/C24H20N2O5/c1-13(2)29-16-8-6-7-15(12-16)21-20-22(27)17-9-4-5-10-18(17)30-23(20)24(28)26(21)19-11-14(3)31-25-19/h4-13,21H,1-3H3/t21-/m1/s1. The van der Waals surface area contributed by atoms with Crippen molar-refractivity contribution in [1.82, 2.24) is 5.16 Å². The summed E-state index contributed by atoms with van der Waals surface area (Å²) in [5, 5.41) is 4.46. The number of para-hydroxylation sites is 1. The van der Waals surface area contributed by atoms with E-state index in [1.165, 1.54) is 4.90 Å². The Morgan fingerprint density at radius 2 is 1.87 bits per heavy atom. The Labute approximate surface area is 177 Å². The first-order chi connectivity index (χ1) is 14.9. The first-order valence-electron chi connectivity index (χ1n) is 10.0. The molecule has 0 saturated carbocycles. The van der Waals surface area contributed by atoms with Crippen molar-refractivity contribution in [3.8, 4) is 5.75 Å². The SMILES string of the molecule is Cc1cc(N2C(=O)c3oc4ccccc4c(=O)c3[C@H]2c2cccc(OC(C)C)c2)no1.